The number of aryl methyl sites for hydroxylation is 1. The van der Waals surface area contributed by atoms with Crippen molar-refractivity contribution in [1.29, 1.82) is 0 Å². The van der Waals surface area contributed by atoms with E-state index in [1.165, 1.54) is 24.8 Å². The van der Waals surface area contributed by atoms with Crippen LogP contribution in [0.3, 0.4) is 0 Å². The Hall–Kier alpha value is -1.97. The van der Waals surface area contributed by atoms with Gasteiger partial charge in [-0.3, -0.25) is 4.99 Å². The van der Waals surface area contributed by atoms with Crippen LogP contribution in [0.2, 0.25) is 0 Å². The molecule has 1 aliphatic rings. The summed E-state index contributed by atoms with van der Waals surface area (Å²) < 4.78 is 13.1. The lowest BCUT2D eigenvalue weighted by Crippen LogP contribution is -2.46. The van der Waals surface area contributed by atoms with Crippen molar-refractivity contribution in [3.8, 4) is 11.5 Å². The third-order valence-electron chi connectivity index (χ3n) is 6.07. The van der Waals surface area contributed by atoms with Crippen LogP contribution in [0, 0.1) is 0 Å². The maximum atomic E-state index is 5.57. The molecule has 172 valence electrons. The quantitative estimate of drug-likeness (QED) is 0.218. The Balaban J connectivity index is 0.00000341. The highest BCUT2D eigenvalue weighted by atomic mass is 127. The monoisotopic (exact) mass is 541 g/mol. The van der Waals surface area contributed by atoms with Crippen molar-refractivity contribution < 1.29 is 9.47 Å². The number of benzene rings is 1. The SMILES string of the molecule is CN=C(NCCCn1ccnc1)NCC1(c2ccc(OC)c(OC)c2)CCCCC1.I. The van der Waals surface area contributed by atoms with E-state index in [9.17, 15) is 0 Å². The zero-order chi connectivity index (χ0) is 21.2. The summed E-state index contributed by atoms with van der Waals surface area (Å²) in [5.74, 6) is 2.42. The van der Waals surface area contributed by atoms with Gasteiger partial charge in [-0.2, -0.15) is 0 Å². The van der Waals surface area contributed by atoms with Gasteiger partial charge in [-0.25, -0.2) is 4.98 Å². The Morgan fingerprint density at radius 2 is 1.90 bits per heavy atom. The molecule has 3 rings (SSSR count). The molecule has 1 fully saturated rings. The first-order valence-electron chi connectivity index (χ1n) is 10.8. The second-order valence-corrected chi connectivity index (χ2v) is 7.92. The molecule has 7 nitrogen and oxygen atoms in total. The summed E-state index contributed by atoms with van der Waals surface area (Å²) in [6.07, 6.45) is 12.8. The average Bonchev–Trinajstić information content (AvgIpc) is 3.32. The van der Waals surface area contributed by atoms with Gasteiger partial charge in [-0.15, -0.1) is 24.0 Å². The van der Waals surface area contributed by atoms with Gasteiger partial charge in [0, 0.05) is 44.5 Å². The van der Waals surface area contributed by atoms with Crippen molar-refractivity contribution in [3.05, 3.63) is 42.5 Å². The molecule has 0 saturated heterocycles. The maximum Gasteiger partial charge on any atom is 0.191 e. The molecule has 0 aliphatic heterocycles. The molecule has 0 atom stereocenters. The summed E-state index contributed by atoms with van der Waals surface area (Å²) in [7, 11) is 5.20. The van der Waals surface area contributed by atoms with E-state index in [1.807, 2.05) is 31.8 Å². The molecule has 0 bridgehead atoms. The molecule has 2 N–H and O–H groups in total. The van der Waals surface area contributed by atoms with Crippen molar-refractivity contribution >= 4 is 29.9 Å². The highest BCUT2D eigenvalue weighted by molar-refractivity contribution is 14.0. The highest BCUT2D eigenvalue weighted by Crippen LogP contribution is 2.42. The van der Waals surface area contributed by atoms with E-state index in [2.05, 4.69) is 37.3 Å². The Labute approximate surface area is 203 Å². The lowest BCUT2D eigenvalue weighted by atomic mass is 9.69. The van der Waals surface area contributed by atoms with Crippen molar-refractivity contribution in [1.82, 2.24) is 20.2 Å². The van der Waals surface area contributed by atoms with Crippen LogP contribution >= 0.6 is 24.0 Å². The van der Waals surface area contributed by atoms with Crippen LogP contribution < -0.4 is 20.1 Å². The number of aliphatic imine (C=N–C) groups is 1. The number of nitrogens with zero attached hydrogens (tertiary/aromatic N) is 3. The van der Waals surface area contributed by atoms with Crippen LogP contribution in [0.15, 0.2) is 41.9 Å². The summed E-state index contributed by atoms with van der Waals surface area (Å²) >= 11 is 0. The van der Waals surface area contributed by atoms with E-state index in [-0.39, 0.29) is 29.4 Å². The van der Waals surface area contributed by atoms with Gasteiger partial charge in [0.15, 0.2) is 17.5 Å². The molecular weight excluding hydrogens is 505 g/mol. The first-order chi connectivity index (χ1) is 14.7. The molecule has 31 heavy (non-hydrogen) atoms. The van der Waals surface area contributed by atoms with Gasteiger partial charge in [0.25, 0.3) is 0 Å². The van der Waals surface area contributed by atoms with Gasteiger partial charge < -0.3 is 24.7 Å². The fourth-order valence-electron chi connectivity index (χ4n) is 4.32. The molecule has 1 aromatic heterocycles. The lowest BCUT2D eigenvalue weighted by molar-refractivity contribution is 0.288. The molecular formula is C23H36IN5O2. The Morgan fingerprint density at radius 1 is 1.13 bits per heavy atom. The minimum absolute atomic E-state index is 0. The molecule has 1 saturated carbocycles. The summed E-state index contributed by atoms with van der Waals surface area (Å²) in [5.41, 5.74) is 1.38. The largest absolute Gasteiger partial charge is 0.493 e. The van der Waals surface area contributed by atoms with Crippen LogP contribution in [0.4, 0.5) is 0 Å². The lowest BCUT2D eigenvalue weighted by Gasteiger charge is -2.38. The number of nitrogens with one attached hydrogen (secondary N) is 2. The third kappa shape index (κ3) is 6.75. The normalized spacial score (nSPS) is 15.6. The third-order valence-corrected chi connectivity index (χ3v) is 6.07. The van der Waals surface area contributed by atoms with Crippen molar-refractivity contribution in [2.45, 2.75) is 50.5 Å². The van der Waals surface area contributed by atoms with Gasteiger partial charge in [0.2, 0.25) is 0 Å². The zero-order valence-corrected chi connectivity index (χ0v) is 21.2. The van der Waals surface area contributed by atoms with Gasteiger partial charge in [0.05, 0.1) is 20.5 Å². The first-order valence-corrected chi connectivity index (χ1v) is 10.8. The molecule has 2 aromatic rings. The van der Waals surface area contributed by atoms with E-state index in [0.29, 0.717) is 0 Å². The Bertz CT molecular complexity index is 804. The van der Waals surface area contributed by atoms with Crippen LogP contribution in [0.1, 0.15) is 44.1 Å². The minimum atomic E-state index is 0. The number of aromatic nitrogens is 2. The van der Waals surface area contributed by atoms with E-state index < -0.39 is 0 Å². The number of methoxy groups -OCH3 is 2. The number of guanidine groups is 1. The molecule has 0 amide bonds. The number of halogens is 1. The maximum absolute atomic E-state index is 5.57. The molecule has 8 heteroatoms. The van der Waals surface area contributed by atoms with Crippen molar-refractivity contribution in [3.63, 3.8) is 0 Å². The summed E-state index contributed by atoms with van der Waals surface area (Å²) in [4.78, 5) is 8.51. The van der Waals surface area contributed by atoms with Gasteiger partial charge >= 0.3 is 0 Å². The summed E-state index contributed by atoms with van der Waals surface area (Å²) in [6.45, 7) is 2.66. The first kappa shape index (κ1) is 25.3. The topological polar surface area (TPSA) is 72.7 Å². The van der Waals surface area contributed by atoms with Crippen molar-refractivity contribution in [2.75, 3.05) is 34.4 Å². The van der Waals surface area contributed by atoms with E-state index in [0.717, 1.165) is 56.4 Å². The number of hydrogen-bond acceptors (Lipinski definition) is 4. The Kier molecular flexibility index (Phi) is 10.4. The standard InChI is InChI=1S/C23H35N5O2.HI/c1-24-22(26-12-7-14-28-15-13-25-18-28)27-17-23(10-5-4-6-11-23)19-8-9-20(29-2)21(16-19)30-3;/h8-9,13,15-16,18H,4-7,10-12,14,17H2,1-3H3,(H2,24,26,27);1H. The van der Waals surface area contributed by atoms with Crippen molar-refractivity contribution in [2.24, 2.45) is 4.99 Å². The number of rotatable bonds is 9. The predicted molar refractivity (Wildman–Crippen MR) is 136 cm³/mol. The minimum Gasteiger partial charge on any atom is -0.493 e. The van der Waals surface area contributed by atoms with Gasteiger partial charge in [0.1, 0.15) is 0 Å². The van der Waals surface area contributed by atoms with E-state index in [4.69, 9.17) is 9.47 Å². The molecule has 0 radical (unpaired) electrons. The second kappa shape index (κ2) is 12.8. The number of imidazole rings is 1. The van der Waals surface area contributed by atoms with Crippen LogP contribution in [0.5, 0.6) is 11.5 Å². The highest BCUT2D eigenvalue weighted by Gasteiger charge is 2.34. The average molecular weight is 541 g/mol. The van der Waals surface area contributed by atoms with Crippen LogP contribution in [0.25, 0.3) is 0 Å². The van der Waals surface area contributed by atoms with Gasteiger partial charge in [-0.1, -0.05) is 25.3 Å². The summed E-state index contributed by atoms with van der Waals surface area (Å²) in [5, 5.41) is 7.03. The van der Waals surface area contributed by atoms with Crippen LogP contribution in [-0.4, -0.2) is 49.9 Å². The molecule has 1 aromatic carbocycles. The molecule has 0 spiro atoms. The fourth-order valence-corrected chi connectivity index (χ4v) is 4.32. The summed E-state index contributed by atoms with van der Waals surface area (Å²) in [6, 6.07) is 6.36. The van der Waals surface area contributed by atoms with Crippen LogP contribution in [-0.2, 0) is 12.0 Å². The predicted octanol–water partition coefficient (Wildman–Crippen LogP) is 3.98. The molecule has 1 heterocycles. The van der Waals surface area contributed by atoms with E-state index >= 15 is 0 Å². The number of ether oxygens (including phenoxy) is 2. The zero-order valence-electron chi connectivity index (χ0n) is 18.9. The smallest absolute Gasteiger partial charge is 0.191 e. The molecule has 0 unspecified atom stereocenters. The fraction of sp³-hybridized carbons (Fsp3) is 0.565. The second-order valence-electron chi connectivity index (χ2n) is 7.92. The Morgan fingerprint density at radius 3 is 2.55 bits per heavy atom. The van der Waals surface area contributed by atoms with E-state index in [1.54, 1.807) is 14.2 Å². The number of hydrogen-bond donors (Lipinski definition) is 2. The molecule has 1 aliphatic carbocycles. The van der Waals surface area contributed by atoms with Gasteiger partial charge in [-0.05, 0) is 37.0 Å².